The Bertz CT molecular complexity index is 457. The molecule has 2 N–H and O–H groups in total. The second kappa shape index (κ2) is 19.3. The third kappa shape index (κ3) is 16.0. The molecule has 0 fully saturated rings. The molecule has 0 aromatic rings. The summed E-state index contributed by atoms with van der Waals surface area (Å²) in [4.78, 5) is 0. The van der Waals surface area contributed by atoms with Gasteiger partial charge in [-0.25, -0.2) is 0 Å². The number of rotatable bonds is 18. The first-order valence-corrected chi connectivity index (χ1v) is 11.9. The maximum absolute atomic E-state index is 5.30. The average Bonchev–Trinajstić information content (AvgIpc) is 2.67. The molecule has 160 valence electrons. The van der Waals surface area contributed by atoms with Crippen LogP contribution in [-0.4, -0.2) is 13.3 Å². The molecule has 0 spiro atoms. The van der Waals surface area contributed by atoms with Crippen LogP contribution < -0.4 is 5.73 Å². The van der Waals surface area contributed by atoms with Crippen molar-refractivity contribution in [1.29, 1.82) is 0 Å². The van der Waals surface area contributed by atoms with Gasteiger partial charge in [-0.3, -0.25) is 0 Å². The Morgan fingerprint density at radius 3 is 2.14 bits per heavy atom. The summed E-state index contributed by atoms with van der Waals surface area (Å²) in [5.74, 6) is 7.92. The molecule has 1 aliphatic rings. The molecule has 2 nitrogen and oxygen atoms in total. The van der Waals surface area contributed by atoms with E-state index in [2.05, 4.69) is 43.1 Å². The van der Waals surface area contributed by atoms with Crippen LogP contribution in [0.4, 0.5) is 0 Å². The maximum Gasteiger partial charge on any atom is 0.0940 e. The molecule has 0 radical (unpaired) electrons. The molecule has 2 atom stereocenters. The summed E-state index contributed by atoms with van der Waals surface area (Å²) < 4.78 is 5.16. The molecular formula is C26H45NO. The van der Waals surface area contributed by atoms with Crippen molar-refractivity contribution in [3.63, 3.8) is 0 Å². The third-order valence-corrected chi connectivity index (χ3v) is 5.61. The van der Waals surface area contributed by atoms with Gasteiger partial charge in [-0.2, -0.15) is 0 Å². The lowest BCUT2D eigenvalue weighted by atomic mass is 9.91. The van der Waals surface area contributed by atoms with Crippen molar-refractivity contribution in [3.8, 4) is 11.8 Å². The van der Waals surface area contributed by atoms with Crippen LogP contribution in [0.5, 0.6) is 0 Å². The van der Waals surface area contributed by atoms with Gasteiger partial charge in [0.1, 0.15) is 0 Å². The van der Waals surface area contributed by atoms with Gasteiger partial charge < -0.3 is 10.5 Å². The molecule has 0 aliphatic heterocycles. The highest BCUT2D eigenvalue weighted by molar-refractivity contribution is 5.19. The van der Waals surface area contributed by atoms with E-state index >= 15 is 0 Å². The van der Waals surface area contributed by atoms with Crippen LogP contribution in [0.2, 0.25) is 0 Å². The van der Waals surface area contributed by atoms with Gasteiger partial charge >= 0.3 is 0 Å². The molecule has 2 heteroatoms. The average molecular weight is 388 g/mol. The van der Waals surface area contributed by atoms with Crippen LogP contribution in [0.15, 0.2) is 24.3 Å². The van der Waals surface area contributed by atoms with Crippen LogP contribution in [0.1, 0.15) is 103 Å². The van der Waals surface area contributed by atoms with Crippen molar-refractivity contribution in [1.82, 2.24) is 0 Å². The minimum absolute atomic E-state index is 0.365. The van der Waals surface area contributed by atoms with E-state index < -0.39 is 0 Å². The number of nitrogens with two attached hydrogens (primary N) is 1. The Morgan fingerprint density at radius 2 is 1.50 bits per heavy atom. The Kier molecular flexibility index (Phi) is 17.2. The first-order chi connectivity index (χ1) is 13.8. The summed E-state index contributed by atoms with van der Waals surface area (Å²) in [5, 5.41) is 0. The van der Waals surface area contributed by atoms with Crippen LogP contribution in [0.3, 0.4) is 0 Å². The zero-order valence-corrected chi connectivity index (χ0v) is 18.5. The molecule has 0 saturated carbocycles. The molecular weight excluding hydrogens is 342 g/mol. The fourth-order valence-electron chi connectivity index (χ4n) is 3.88. The Morgan fingerprint density at radius 1 is 0.893 bits per heavy atom. The molecule has 1 rings (SSSR count). The van der Waals surface area contributed by atoms with Gasteiger partial charge in [0.2, 0.25) is 0 Å². The number of ether oxygens (including phenoxy) is 1. The highest BCUT2D eigenvalue weighted by Gasteiger charge is 2.08. The van der Waals surface area contributed by atoms with E-state index in [1.807, 2.05) is 0 Å². The van der Waals surface area contributed by atoms with Gasteiger partial charge in [0, 0.05) is 18.9 Å². The van der Waals surface area contributed by atoms with Crippen molar-refractivity contribution in [2.75, 3.05) is 13.3 Å². The lowest BCUT2D eigenvalue weighted by molar-refractivity contribution is 0.136. The number of allylic oxidation sites excluding steroid dienone is 4. The largest absolute Gasteiger partial charge is 0.367 e. The van der Waals surface area contributed by atoms with Gasteiger partial charge in [0.15, 0.2) is 0 Å². The quantitative estimate of drug-likeness (QED) is 0.154. The van der Waals surface area contributed by atoms with E-state index in [4.69, 9.17) is 10.5 Å². The van der Waals surface area contributed by atoms with Gasteiger partial charge in [0.25, 0.3) is 0 Å². The van der Waals surface area contributed by atoms with Crippen molar-refractivity contribution >= 4 is 0 Å². The van der Waals surface area contributed by atoms with E-state index in [0.29, 0.717) is 12.6 Å². The second-order valence-corrected chi connectivity index (χ2v) is 8.39. The van der Waals surface area contributed by atoms with Crippen molar-refractivity contribution in [2.24, 2.45) is 17.6 Å². The molecule has 0 bridgehead atoms. The summed E-state index contributed by atoms with van der Waals surface area (Å²) in [6, 6.07) is 0. The molecule has 1 aliphatic carbocycles. The number of unbranched alkanes of at least 4 members (excludes halogenated alkanes) is 11. The standard InChI is InChI=1S/C26H45NO/c1-25(23-26-20-16-12-10-13-17-21-26)19-15-11-8-6-4-2-3-5-7-9-14-18-22-28-24-27/h10,12,16,20,25-26H,2-9,11,13-15,18-19,22-24,27H2,1H3/b12-10-,20-16-. The molecule has 2 unspecified atom stereocenters. The van der Waals surface area contributed by atoms with Crippen molar-refractivity contribution in [3.05, 3.63) is 24.3 Å². The Balaban J connectivity index is 1.83. The van der Waals surface area contributed by atoms with Crippen molar-refractivity contribution in [2.45, 2.75) is 103 Å². The Hall–Kier alpha value is -1.04. The molecule has 0 amide bonds. The summed E-state index contributed by atoms with van der Waals surface area (Å²) in [7, 11) is 0. The minimum atomic E-state index is 0.365. The number of hydrogen-bond donors (Lipinski definition) is 1. The zero-order valence-electron chi connectivity index (χ0n) is 18.5. The number of hydrogen-bond acceptors (Lipinski definition) is 2. The topological polar surface area (TPSA) is 35.2 Å². The van der Waals surface area contributed by atoms with Gasteiger partial charge in [-0.15, -0.1) is 0 Å². The Labute approximate surface area is 175 Å². The van der Waals surface area contributed by atoms with E-state index in [-0.39, 0.29) is 0 Å². The van der Waals surface area contributed by atoms with Gasteiger partial charge in [0.05, 0.1) is 6.73 Å². The van der Waals surface area contributed by atoms with Crippen LogP contribution in [0, 0.1) is 23.7 Å². The van der Waals surface area contributed by atoms with Crippen LogP contribution >= 0.6 is 0 Å². The van der Waals surface area contributed by atoms with Crippen molar-refractivity contribution < 1.29 is 4.74 Å². The molecule has 0 aromatic carbocycles. The molecule has 0 saturated heterocycles. The highest BCUT2D eigenvalue weighted by atomic mass is 16.5. The lowest BCUT2D eigenvalue weighted by Crippen LogP contribution is -2.05. The molecule has 28 heavy (non-hydrogen) atoms. The fourth-order valence-corrected chi connectivity index (χ4v) is 3.88. The van der Waals surface area contributed by atoms with E-state index in [1.54, 1.807) is 0 Å². The molecule has 0 aromatic heterocycles. The second-order valence-electron chi connectivity index (χ2n) is 8.39. The predicted octanol–water partition coefficient (Wildman–Crippen LogP) is 7.15. The van der Waals surface area contributed by atoms with Crippen LogP contribution in [0.25, 0.3) is 0 Å². The summed E-state index contributed by atoms with van der Waals surface area (Å²) in [6.45, 7) is 3.60. The van der Waals surface area contributed by atoms with E-state index in [1.165, 1.54) is 83.5 Å². The lowest BCUT2D eigenvalue weighted by Gasteiger charge is -2.14. The first kappa shape index (κ1) is 25.0. The maximum atomic E-state index is 5.30. The monoisotopic (exact) mass is 387 g/mol. The fraction of sp³-hybridized carbons (Fsp3) is 0.769. The zero-order chi connectivity index (χ0) is 20.1. The summed E-state index contributed by atoms with van der Waals surface area (Å²) in [6.07, 6.45) is 28.7. The first-order valence-electron chi connectivity index (χ1n) is 11.9. The smallest absolute Gasteiger partial charge is 0.0940 e. The summed E-state index contributed by atoms with van der Waals surface area (Å²) >= 11 is 0. The van der Waals surface area contributed by atoms with E-state index in [0.717, 1.165) is 25.4 Å². The van der Waals surface area contributed by atoms with E-state index in [9.17, 15) is 0 Å². The predicted molar refractivity (Wildman–Crippen MR) is 123 cm³/mol. The van der Waals surface area contributed by atoms with Gasteiger partial charge in [-0.05, 0) is 18.8 Å². The summed E-state index contributed by atoms with van der Waals surface area (Å²) in [5.41, 5.74) is 5.30. The van der Waals surface area contributed by atoms with Crippen LogP contribution in [-0.2, 0) is 4.74 Å². The molecule has 0 heterocycles. The SMILES string of the molecule is CC(CCCCCCCCCCCCCCOCN)CC1C#CC/C=C\C=C/1. The third-order valence-electron chi connectivity index (χ3n) is 5.61. The van der Waals surface area contributed by atoms with Gasteiger partial charge in [-0.1, -0.05) is 120 Å². The normalized spacial score (nSPS) is 19.3. The minimum Gasteiger partial charge on any atom is -0.367 e. The highest BCUT2D eigenvalue weighted by Crippen LogP contribution is 2.20.